The summed E-state index contributed by atoms with van der Waals surface area (Å²) in [7, 11) is 1.93. The van der Waals surface area contributed by atoms with E-state index in [0.717, 1.165) is 41.8 Å². The predicted molar refractivity (Wildman–Crippen MR) is 100 cm³/mol. The number of nitrogens with one attached hydrogen (secondary N) is 2. The third kappa shape index (κ3) is 3.00. The van der Waals surface area contributed by atoms with Gasteiger partial charge in [0.15, 0.2) is 0 Å². The van der Waals surface area contributed by atoms with Crippen LogP contribution in [0.25, 0.3) is 10.9 Å². The molecule has 0 spiro atoms. The lowest BCUT2D eigenvalue weighted by atomic mass is 9.80. The highest BCUT2D eigenvalue weighted by Gasteiger charge is 2.43. The van der Waals surface area contributed by atoms with Crippen molar-refractivity contribution in [2.24, 2.45) is 17.8 Å². The van der Waals surface area contributed by atoms with E-state index in [9.17, 15) is 5.11 Å². The van der Waals surface area contributed by atoms with E-state index in [2.05, 4.69) is 27.0 Å². The zero-order valence-electron chi connectivity index (χ0n) is 14.5. The maximum Gasteiger partial charge on any atom is 0.0936 e. The Hall–Kier alpha value is -1.72. The van der Waals surface area contributed by atoms with Crippen LogP contribution < -0.4 is 5.32 Å². The molecule has 3 atom stereocenters. The highest BCUT2D eigenvalue weighted by Crippen LogP contribution is 2.46. The predicted octanol–water partition coefficient (Wildman–Crippen LogP) is 3.29. The monoisotopic (exact) mass is 360 g/mol. The molecule has 2 heterocycles. The number of piperidine rings is 1. The molecular weight excluding hydrogens is 336 g/mol. The summed E-state index contributed by atoms with van der Waals surface area (Å²) in [5.41, 5.74) is 1.76. The van der Waals surface area contributed by atoms with E-state index >= 15 is 0 Å². The number of hydrogen-bond donors (Lipinski definition) is 3. The van der Waals surface area contributed by atoms with Crippen LogP contribution in [0.3, 0.4) is 0 Å². The molecule has 1 aromatic heterocycles. The van der Waals surface area contributed by atoms with Crippen LogP contribution in [0.4, 0.5) is 0 Å². The molecule has 25 heavy (non-hydrogen) atoms. The maximum absolute atomic E-state index is 10.9. The largest absolute Gasteiger partial charge is 0.388 e. The molecule has 2 fully saturated rings. The van der Waals surface area contributed by atoms with Gasteiger partial charge in [0.2, 0.25) is 0 Å². The van der Waals surface area contributed by atoms with Gasteiger partial charge in [0.25, 0.3) is 0 Å². The Morgan fingerprint density at radius 2 is 2.16 bits per heavy atom. The van der Waals surface area contributed by atoms with Crippen molar-refractivity contribution in [1.29, 1.82) is 0 Å². The number of hydrogen-bond acceptors (Lipinski definition) is 4. The van der Waals surface area contributed by atoms with Gasteiger partial charge in [0.1, 0.15) is 0 Å². The molecule has 4 rings (SSSR count). The Morgan fingerprint density at radius 3 is 2.84 bits per heavy atom. The van der Waals surface area contributed by atoms with Crippen molar-refractivity contribution in [3.63, 3.8) is 0 Å². The topological polar surface area (TPSA) is 64.2 Å². The lowest BCUT2D eigenvalue weighted by Gasteiger charge is -2.40. The highest BCUT2D eigenvalue weighted by atomic mass is 35.5. The molecule has 2 bridgehead atoms. The van der Waals surface area contributed by atoms with Crippen molar-refractivity contribution < 1.29 is 5.11 Å². The van der Waals surface area contributed by atoms with Crippen molar-refractivity contribution in [1.82, 2.24) is 20.4 Å². The van der Waals surface area contributed by atoms with Crippen molar-refractivity contribution in [3.05, 3.63) is 41.3 Å². The third-order valence-electron chi connectivity index (χ3n) is 6.10. The molecule has 1 aromatic carbocycles. The summed E-state index contributed by atoms with van der Waals surface area (Å²) in [6, 6.07) is 3.74. The van der Waals surface area contributed by atoms with Gasteiger partial charge in [-0.15, -0.1) is 0 Å². The first-order chi connectivity index (χ1) is 12.1. The highest BCUT2D eigenvalue weighted by molar-refractivity contribution is 6.31. The molecule has 3 N–H and O–H groups in total. The molecule has 6 heteroatoms. The molecule has 1 saturated carbocycles. The summed E-state index contributed by atoms with van der Waals surface area (Å²) in [6.45, 7) is 6.17. The molecule has 1 aliphatic carbocycles. The number of aliphatic hydroxyl groups excluding tert-OH is 1. The summed E-state index contributed by atoms with van der Waals surface area (Å²) < 4.78 is 0. The Balaban J connectivity index is 1.53. The van der Waals surface area contributed by atoms with Gasteiger partial charge in [0, 0.05) is 36.1 Å². The number of aliphatic hydroxyl groups is 1. The van der Waals surface area contributed by atoms with Crippen LogP contribution >= 0.6 is 11.6 Å². The number of aromatic amines is 1. The number of fused-ring (bicyclic) bond motifs is 3. The number of likely N-dealkylation sites (tertiary alicyclic amines) is 1. The number of nitrogens with zero attached hydrogens (tertiary/aromatic N) is 2. The van der Waals surface area contributed by atoms with Gasteiger partial charge in [0.05, 0.1) is 23.6 Å². The normalized spacial score (nSPS) is 26.8. The van der Waals surface area contributed by atoms with Gasteiger partial charge < -0.3 is 15.3 Å². The average Bonchev–Trinajstić information content (AvgIpc) is 3.14. The minimum absolute atomic E-state index is 0.520. The first-order valence-corrected chi connectivity index (χ1v) is 9.36. The van der Waals surface area contributed by atoms with Crippen molar-refractivity contribution >= 4 is 22.5 Å². The molecule has 2 aliphatic rings. The number of benzene rings is 1. The number of aromatic nitrogens is 2. The van der Waals surface area contributed by atoms with Crippen molar-refractivity contribution in [2.75, 3.05) is 20.1 Å². The minimum Gasteiger partial charge on any atom is -0.388 e. The van der Waals surface area contributed by atoms with E-state index in [4.69, 9.17) is 11.6 Å². The summed E-state index contributed by atoms with van der Waals surface area (Å²) >= 11 is 6.23. The van der Waals surface area contributed by atoms with E-state index in [1.165, 1.54) is 12.8 Å². The van der Waals surface area contributed by atoms with Gasteiger partial charge in [-0.1, -0.05) is 18.2 Å². The molecule has 3 unspecified atom stereocenters. The molecule has 2 aromatic rings. The minimum atomic E-state index is -0.520. The zero-order valence-corrected chi connectivity index (χ0v) is 15.3. The Morgan fingerprint density at radius 1 is 1.44 bits per heavy atom. The van der Waals surface area contributed by atoms with Gasteiger partial charge in [-0.2, -0.15) is 5.10 Å². The van der Waals surface area contributed by atoms with E-state index < -0.39 is 6.10 Å². The fourth-order valence-electron chi connectivity index (χ4n) is 4.79. The lowest BCUT2D eigenvalue weighted by molar-refractivity contribution is 0.0718. The van der Waals surface area contributed by atoms with Crippen LogP contribution in [0.5, 0.6) is 0 Å². The first kappa shape index (κ1) is 16.7. The summed E-state index contributed by atoms with van der Waals surface area (Å²) in [6.07, 6.45) is 4.50. The summed E-state index contributed by atoms with van der Waals surface area (Å²) in [5.74, 6) is 2.79. The van der Waals surface area contributed by atoms with Crippen LogP contribution in [0.1, 0.15) is 30.9 Å². The van der Waals surface area contributed by atoms with Crippen molar-refractivity contribution in [2.45, 2.75) is 25.4 Å². The molecule has 134 valence electrons. The molecule has 5 nitrogen and oxygen atoms in total. The van der Waals surface area contributed by atoms with Crippen LogP contribution in [-0.4, -0.2) is 40.3 Å². The maximum atomic E-state index is 10.9. The second kappa shape index (κ2) is 6.54. The smallest absolute Gasteiger partial charge is 0.0936 e. The quantitative estimate of drug-likeness (QED) is 0.765. The Labute approximate surface area is 153 Å². The van der Waals surface area contributed by atoms with Gasteiger partial charge in [-0.25, -0.2) is 0 Å². The molecule has 1 saturated heterocycles. The second-order valence-electron chi connectivity index (χ2n) is 7.44. The van der Waals surface area contributed by atoms with Gasteiger partial charge in [-0.3, -0.25) is 5.10 Å². The van der Waals surface area contributed by atoms with E-state index in [1.54, 1.807) is 6.20 Å². The molecule has 0 radical (unpaired) electrons. The third-order valence-corrected chi connectivity index (χ3v) is 6.32. The fourth-order valence-corrected chi connectivity index (χ4v) is 5.03. The second-order valence-corrected chi connectivity index (χ2v) is 7.88. The van der Waals surface area contributed by atoms with Gasteiger partial charge in [-0.05, 0) is 49.1 Å². The molecule has 0 amide bonds. The first-order valence-electron chi connectivity index (χ1n) is 8.99. The van der Waals surface area contributed by atoms with Crippen LogP contribution in [-0.2, 0) is 0 Å². The van der Waals surface area contributed by atoms with E-state index in [-0.39, 0.29) is 0 Å². The molecular formula is C19H25ClN4O. The van der Waals surface area contributed by atoms with Gasteiger partial charge >= 0.3 is 0 Å². The Bertz CT molecular complexity index is 775. The fraction of sp³-hybridized carbons (Fsp3) is 0.526. The SMILES string of the molecule is C=C(NC)N1CC2CCC(C1)C2CC(O)c1cc(Cl)cc2cn[nH]c12. The lowest BCUT2D eigenvalue weighted by Crippen LogP contribution is -2.43. The zero-order chi connectivity index (χ0) is 17.6. The van der Waals surface area contributed by atoms with Crippen molar-refractivity contribution in [3.8, 4) is 0 Å². The van der Waals surface area contributed by atoms with Crippen LogP contribution in [0.15, 0.2) is 30.7 Å². The van der Waals surface area contributed by atoms with Crippen LogP contribution in [0.2, 0.25) is 5.02 Å². The number of H-pyrrole nitrogens is 1. The van der Waals surface area contributed by atoms with E-state index in [0.29, 0.717) is 22.8 Å². The summed E-state index contributed by atoms with van der Waals surface area (Å²) in [4.78, 5) is 2.36. The van der Waals surface area contributed by atoms with Crippen LogP contribution in [0, 0.1) is 17.8 Å². The number of rotatable bonds is 5. The molecule has 1 aliphatic heterocycles. The van der Waals surface area contributed by atoms with E-state index in [1.807, 2.05) is 19.2 Å². The summed E-state index contributed by atoms with van der Waals surface area (Å²) in [5, 5.41) is 22.8. The standard InChI is InChI=1S/C19H25ClN4O/c1-11(21-2)24-9-12-3-4-13(10-24)16(12)7-18(25)17-6-15(20)5-14-8-22-23-19(14)17/h5-6,8,12-13,16,18,21,25H,1,3-4,7,9-10H2,2H3,(H,22,23). The Kier molecular flexibility index (Phi) is 4.38. The number of halogens is 1. The average molecular weight is 361 g/mol.